The lowest BCUT2D eigenvalue weighted by Crippen LogP contribution is -2.35. The molecule has 0 spiro atoms. The second kappa shape index (κ2) is 5.49. The molecule has 0 fully saturated rings. The molecule has 1 aromatic carbocycles. The lowest BCUT2D eigenvalue weighted by atomic mass is 10.2. The highest BCUT2D eigenvalue weighted by molar-refractivity contribution is 9.10. The van der Waals surface area contributed by atoms with Crippen LogP contribution in [-0.2, 0) is 0 Å². The summed E-state index contributed by atoms with van der Waals surface area (Å²) in [6.45, 7) is 1.61. The van der Waals surface area contributed by atoms with E-state index in [1.165, 1.54) is 0 Å². The first kappa shape index (κ1) is 12.5. The van der Waals surface area contributed by atoms with Crippen LogP contribution in [0.2, 0.25) is 5.02 Å². The van der Waals surface area contributed by atoms with Crippen LogP contribution >= 0.6 is 27.5 Å². The summed E-state index contributed by atoms with van der Waals surface area (Å²) in [5.41, 5.74) is 0.395. The molecule has 82 valence electrons. The minimum absolute atomic E-state index is 0.0998. The van der Waals surface area contributed by atoms with Gasteiger partial charge in [-0.25, -0.2) is 0 Å². The minimum atomic E-state index is -0.289. The van der Waals surface area contributed by atoms with Gasteiger partial charge in [0.15, 0.2) is 0 Å². The number of rotatable bonds is 3. The first-order chi connectivity index (χ1) is 7.04. The fourth-order valence-electron chi connectivity index (χ4n) is 1.02. The van der Waals surface area contributed by atoms with Crippen molar-refractivity contribution in [1.82, 2.24) is 5.32 Å². The molecule has 0 aliphatic rings. The molecule has 1 aromatic rings. The highest BCUT2D eigenvalue weighted by atomic mass is 79.9. The van der Waals surface area contributed by atoms with Crippen molar-refractivity contribution in [2.75, 3.05) is 6.61 Å². The topological polar surface area (TPSA) is 49.3 Å². The van der Waals surface area contributed by atoms with E-state index in [-0.39, 0.29) is 18.6 Å². The maximum atomic E-state index is 11.7. The van der Waals surface area contributed by atoms with Crippen LogP contribution in [0, 0.1) is 0 Å². The number of amides is 1. The lowest BCUT2D eigenvalue weighted by Gasteiger charge is -2.11. The number of hydrogen-bond donors (Lipinski definition) is 2. The molecule has 0 aliphatic carbocycles. The van der Waals surface area contributed by atoms with Crippen molar-refractivity contribution in [3.63, 3.8) is 0 Å². The molecule has 1 atom stereocenters. The number of nitrogens with one attached hydrogen (secondary N) is 1. The number of carbonyl (C=O) groups is 1. The second-order valence-electron chi connectivity index (χ2n) is 3.18. The van der Waals surface area contributed by atoms with Crippen LogP contribution in [0.3, 0.4) is 0 Å². The van der Waals surface area contributed by atoms with E-state index in [1.807, 2.05) is 0 Å². The standard InChI is InChI=1S/C10H11BrClNO2/c1-6(5-14)13-10(15)8-4-7(11)2-3-9(8)12/h2-4,6,14H,5H2,1H3,(H,13,15)/t6-/m0/s1. The Kier molecular flexibility index (Phi) is 4.57. The molecule has 0 unspecified atom stereocenters. The van der Waals surface area contributed by atoms with Gasteiger partial charge in [-0.15, -0.1) is 0 Å². The molecule has 0 saturated carbocycles. The number of hydrogen-bond acceptors (Lipinski definition) is 2. The van der Waals surface area contributed by atoms with Crippen molar-refractivity contribution < 1.29 is 9.90 Å². The summed E-state index contributed by atoms with van der Waals surface area (Å²) in [6.07, 6.45) is 0. The number of aliphatic hydroxyl groups is 1. The molecular weight excluding hydrogens is 281 g/mol. The van der Waals surface area contributed by atoms with Crippen LogP contribution in [-0.4, -0.2) is 23.7 Å². The van der Waals surface area contributed by atoms with Crippen LogP contribution in [0.4, 0.5) is 0 Å². The van der Waals surface area contributed by atoms with E-state index in [9.17, 15) is 4.79 Å². The summed E-state index contributed by atoms with van der Waals surface area (Å²) in [5, 5.41) is 11.8. The Bertz CT molecular complexity index is 370. The normalized spacial score (nSPS) is 12.3. The first-order valence-electron chi connectivity index (χ1n) is 4.41. The van der Waals surface area contributed by atoms with Crippen LogP contribution in [0.25, 0.3) is 0 Å². The van der Waals surface area contributed by atoms with Crippen LogP contribution in [0.1, 0.15) is 17.3 Å². The summed E-state index contributed by atoms with van der Waals surface area (Å²) in [6, 6.07) is 4.76. The van der Waals surface area contributed by atoms with E-state index in [2.05, 4.69) is 21.2 Å². The summed E-state index contributed by atoms with van der Waals surface area (Å²) in [7, 11) is 0. The average molecular weight is 293 g/mol. The predicted molar refractivity (Wildman–Crippen MR) is 63.2 cm³/mol. The summed E-state index contributed by atoms with van der Waals surface area (Å²) in [4.78, 5) is 11.7. The number of aliphatic hydroxyl groups excluding tert-OH is 1. The maximum absolute atomic E-state index is 11.7. The van der Waals surface area contributed by atoms with Gasteiger partial charge in [-0.2, -0.15) is 0 Å². The Morgan fingerprint density at radius 1 is 1.67 bits per heavy atom. The number of benzene rings is 1. The fraction of sp³-hybridized carbons (Fsp3) is 0.300. The quantitative estimate of drug-likeness (QED) is 0.897. The zero-order valence-corrected chi connectivity index (χ0v) is 10.5. The number of halogens is 2. The van der Waals surface area contributed by atoms with E-state index in [4.69, 9.17) is 16.7 Å². The molecule has 0 aromatic heterocycles. The van der Waals surface area contributed by atoms with Gasteiger partial charge in [0.25, 0.3) is 5.91 Å². The third kappa shape index (κ3) is 3.48. The molecule has 0 saturated heterocycles. The van der Waals surface area contributed by atoms with Gasteiger partial charge in [-0.3, -0.25) is 4.79 Å². The SMILES string of the molecule is C[C@@H](CO)NC(=O)c1cc(Br)ccc1Cl. The highest BCUT2D eigenvalue weighted by Crippen LogP contribution is 2.20. The molecule has 2 N–H and O–H groups in total. The van der Waals surface area contributed by atoms with Gasteiger partial charge >= 0.3 is 0 Å². The molecule has 1 amide bonds. The van der Waals surface area contributed by atoms with Gasteiger partial charge in [0, 0.05) is 10.5 Å². The van der Waals surface area contributed by atoms with E-state index in [0.717, 1.165) is 4.47 Å². The van der Waals surface area contributed by atoms with Crippen molar-refractivity contribution in [3.05, 3.63) is 33.3 Å². The van der Waals surface area contributed by atoms with Crippen molar-refractivity contribution in [3.8, 4) is 0 Å². The van der Waals surface area contributed by atoms with Crippen molar-refractivity contribution in [2.45, 2.75) is 13.0 Å². The largest absolute Gasteiger partial charge is 0.394 e. The van der Waals surface area contributed by atoms with Gasteiger partial charge in [-0.05, 0) is 25.1 Å². The lowest BCUT2D eigenvalue weighted by molar-refractivity contribution is 0.0922. The van der Waals surface area contributed by atoms with Crippen molar-refractivity contribution in [2.24, 2.45) is 0 Å². The third-order valence-corrected chi connectivity index (χ3v) is 2.65. The second-order valence-corrected chi connectivity index (χ2v) is 4.50. The van der Waals surface area contributed by atoms with Crippen LogP contribution < -0.4 is 5.32 Å². The van der Waals surface area contributed by atoms with Crippen molar-refractivity contribution >= 4 is 33.4 Å². The average Bonchev–Trinajstić information content (AvgIpc) is 2.21. The Labute approximate surface area is 102 Å². The van der Waals surface area contributed by atoms with E-state index >= 15 is 0 Å². The zero-order chi connectivity index (χ0) is 11.4. The molecule has 0 aliphatic heterocycles. The van der Waals surface area contributed by atoms with Gasteiger partial charge in [0.05, 0.1) is 17.2 Å². The van der Waals surface area contributed by atoms with Crippen LogP contribution in [0.15, 0.2) is 22.7 Å². The smallest absolute Gasteiger partial charge is 0.253 e. The van der Waals surface area contributed by atoms with E-state index in [0.29, 0.717) is 10.6 Å². The zero-order valence-electron chi connectivity index (χ0n) is 8.13. The van der Waals surface area contributed by atoms with Gasteiger partial charge in [-0.1, -0.05) is 27.5 Å². The summed E-state index contributed by atoms with van der Waals surface area (Å²) >= 11 is 9.13. The maximum Gasteiger partial charge on any atom is 0.253 e. The number of carbonyl (C=O) groups excluding carboxylic acids is 1. The van der Waals surface area contributed by atoms with Crippen LogP contribution in [0.5, 0.6) is 0 Å². The minimum Gasteiger partial charge on any atom is -0.394 e. The molecule has 15 heavy (non-hydrogen) atoms. The molecule has 0 bridgehead atoms. The molecule has 0 radical (unpaired) electrons. The molecule has 0 heterocycles. The predicted octanol–water partition coefficient (Wildman–Crippen LogP) is 2.21. The Hall–Kier alpha value is -0.580. The molecule has 1 rings (SSSR count). The van der Waals surface area contributed by atoms with Gasteiger partial charge in [0.2, 0.25) is 0 Å². The molecular formula is C10H11BrClNO2. The highest BCUT2D eigenvalue weighted by Gasteiger charge is 2.12. The van der Waals surface area contributed by atoms with E-state index < -0.39 is 0 Å². The molecule has 5 heteroatoms. The van der Waals surface area contributed by atoms with Crippen molar-refractivity contribution in [1.29, 1.82) is 0 Å². The van der Waals surface area contributed by atoms with E-state index in [1.54, 1.807) is 25.1 Å². The Morgan fingerprint density at radius 3 is 2.93 bits per heavy atom. The Morgan fingerprint density at radius 2 is 2.33 bits per heavy atom. The monoisotopic (exact) mass is 291 g/mol. The fourth-order valence-corrected chi connectivity index (χ4v) is 1.58. The van der Waals surface area contributed by atoms with Gasteiger partial charge in [0.1, 0.15) is 0 Å². The summed E-state index contributed by atoms with van der Waals surface area (Å²) < 4.78 is 0.786. The third-order valence-electron chi connectivity index (χ3n) is 1.82. The first-order valence-corrected chi connectivity index (χ1v) is 5.58. The van der Waals surface area contributed by atoms with Gasteiger partial charge < -0.3 is 10.4 Å². The molecule has 3 nitrogen and oxygen atoms in total. The summed E-state index contributed by atoms with van der Waals surface area (Å²) in [5.74, 6) is -0.289. The Balaban J connectivity index is 2.86.